The van der Waals surface area contributed by atoms with Crippen LogP contribution in [0.3, 0.4) is 0 Å². The van der Waals surface area contributed by atoms with Crippen LogP contribution in [0.4, 0.5) is 0 Å². The summed E-state index contributed by atoms with van der Waals surface area (Å²) in [5.41, 5.74) is 6.47. The quantitative estimate of drug-likeness (QED) is 0.337. The highest BCUT2D eigenvalue weighted by Crippen LogP contribution is 2.30. The molecule has 4 aromatic rings. The minimum atomic E-state index is -1.05. The lowest BCUT2D eigenvalue weighted by Crippen LogP contribution is -2.47. The van der Waals surface area contributed by atoms with Gasteiger partial charge in [0.2, 0.25) is 5.43 Å². The van der Waals surface area contributed by atoms with Crippen molar-refractivity contribution in [2.24, 2.45) is 5.73 Å². The van der Waals surface area contributed by atoms with E-state index in [0.29, 0.717) is 56.3 Å². The van der Waals surface area contributed by atoms with Crippen LogP contribution in [0.1, 0.15) is 12.0 Å². The average Bonchev–Trinajstić information content (AvgIpc) is 2.77. The topological polar surface area (TPSA) is 106 Å². The summed E-state index contributed by atoms with van der Waals surface area (Å²) in [5.74, 6) is 0.907. The summed E-state index contributed by atoms with van der Waals surface area (Å²) in [5, 5.41) is 20.4. The zero-order valence-corrected chi connectivity index (χ0v) is 18.5. The lowest BCUT2D eigenvalue weighted by Gasteiger charge is -2.24. The Morgan fingerprint density at radius 3 is 2.28 bits per heavy atom. The van der Waals surface area contributed by atoms with Crippen LogP contribution in [0.5, 0.6) is 11.5 Å². The van der Waals surface area contributed by atoms with Gasteiger partial charge in [-0.2, -0.15) is 0 Å². The van der Waals surface area contributed by atoms with Gasteiger partial charge in [-0.15, -0.1) is 0 Å². The molecule has 0 radical (unpaired) electrons. The van der Waals surface area contributed by atoms with Crippen molar-refractivity contribution in [1.29, 1.82) is 0 Å². The van der Waals surface area contributed by atoms with E-state index in [1.807, 2.05) is 6.07 Å². The first kappa shape index (κ1) is 22.6. The molecule has 4 N–H and O–H groups in total. The molecule has 1 aromatic heterocycles. The van der Waals surface area contributed by atoms with Gasteiger partial charge in [0.25, 0.3) is 0 Å². The second-order valence-corrected chi connectivity index (χ2v) is 8.68. The van der Waals surface area contributed by atoms with E-state index in [1.165, 1.54) is 0 Å². The van der Waals surface area contributed by atoms with E-state index in [0.717, 1.165) is 5.56 Å². The molecule has 0 saturated carbocycles. The van der Waals surface area contributed by atoms with Crippen molar-refractivity contribution < 1.29 is 19.4 Å². The lowest BCUT2D eigenvalue weighted by atomic mass is 9.93. The Bertz CT molecular complexity index is 1330. The Hall–Kier alpha value is -2.61. The van der Waals surface area contributed by atoms with E-state index < -0.39 is 5.54 Å². The van der Waals surface area contributed by atoms with Crippen LogP contribution in [0.25, 0.3) is 21.9 Å². The zero-order chi connectivity index (χ0) is 22.9. The molecule has 166 valence electrons. The van der Waals surface area contributed by atoms with Crippen molar-refractivity contribution in [3.63, 3.8) is 0 Å². The molecule has 4 rings (SSSR count). The molecule has 3 aromatic carbocycles. The van der Waals surface area contributed by atoms with E-state index in [2.05, 4.69) is 0 Å². The summed E-state index contributed by atoms with van der Waals surface area (Å²) in [7, 11) is 0. The molecular formula is C24H21Cl2NO5. The van der Waals surface area contributed by atoms with Crippen molar-refractivity contribution in [3.8, 4) is 11.5 Å². The van der Waals surface area contributed by atoms with Gasteiger partial charge in [-0.3, -0.25) is 4.79 Å². The van der Waals surface area contributed by atoms with Gasteiger partial charge in [0, 0.05) is 10.0 Å². The van der Waals surface area contributed by atoms with E-state index in [-0.39, 0.29) is 18.6 Å². The third-order valence-corrected chi connectivity index (χ3v) is 5.76. The highest BCUT2D eigenvalue weighted by molar-refractivity contribution is 6.34. The fourth-order valence-corrected chi connectivity index (χ4v) is 3.93. The standard InChI is InChI=1S/C24H21Cl2NO5/c25-15-8-16(26)10-18(9-15)31-17-2-4-21-20(11-17)23(30)19-3-1-14(7-22(19)32-21)5-6-24(27,12-28)13-29/h1-4,7-11,28-29H,5-6,12-13,27H2. The van der Waals surface area contributed by atoms with E-state index >= 15 is 0 Å². The van der Waals surface area contributed by atoms with Crippen LogP contribution >= 0.6 is 23.2 Å². The molecule has 0 aliphatic rings. The fraction of sp³-hybridized carbons (Fsp3) is 0.208. The van der Waals surface area contributed by atoms with Crippen molar-refractivity contribution >= 4 is 45.1 Å². The van der Waals surface area contributed by atoms with Crippen LogP contribution in [-0.2, 0) is 6.42 Å². The lowest BCUT2D eigenvalue weighted by molar-refractivity contribution is 0.115. The minimum Gasteiger partial charge on any atom is -0.457 e. The number of halogens is 2. The first-order chi connectivity index (χ1) is 15.3. The van der Waals surface area contributed by atoms with E-state index in [9.17, 15) is 15.0 Å². The number of aliphatic hydroxyl groups is 2. The zero-order valence-electron chi connectivity index (χ0n) is 17.0. The number of fused-ring (bicyclic) bond motifs is 2. The van der Waals surface area contributed by atoms with Gasteiger partial charge in [0.05, 0.1) is 29.5 Å². The summed E-state index contributed by atoms with van der Waals surface area (Å²) in [6.45, 7) is -0.634. The summed E-state index contributed by atoms with van der Waals surface area (Å²) in [6.07, 6.45) is 0.905. The Morgan fingerprint density at radius 1 is 0.875 bits per heavy atom. The normalized spacial score (nSPS) is 11.9. The van der Waals surface area contributed by atoms with Crippen molar-refractivity contribution in [2.75, 3.05) is 13.2 Å². The Labute approximate surface area is 193 Å². The molecule has 0 aliphatic carbocycles. The number of hydrogen-bond donors (Lipinski definition) is 3. The highest BCUT2D eigenvalue weighted by atomic mass is 35.5. The molecule has 0 bridgehead atoms. The first-order valence-corrected chi connectivity index (χ1v) is 10.7. The summed E-state index contributed by atoms with van der Waals surface area (Å²) in [4.78, 5) is 13.1. The van der Waals surface area contributed by atoms with Crippen molar-refractivity contribution in [3.05, 3.63) is 80.4 Å². The molecule has 0 amide bonds. The molecule has 1 heterocycles. The number of aliphatic hydroxyl groups excluding tert-OH is 2. The first-order valence-electron chi connectivity index (χ1n) is 9.94. The molecule has 6 nitrogen and oxygen atoms in total. The maximum absolute atomic E-state index is 13.1. The molecule has 8 heteroatoms. The molecule has 0 spiro atoms. The van der Waals surface area contributed by atoms with Crippen LogP contribution in [0.15, 0.2) is 63.8 Å². The van der Waals surface area contributed by atoms with Gasteiger partial charge in [0.1, 0.15) is 22.7 Å². The van der Waals surface area contributed by atoms with E-state index in [1.54, 1.807) is 48.5 Å². The van der Waals surface area contributed by atoms with Crippen molar-refractivity contribution in [2.45, 2.75) is 18.4 Å². The molecular weight excluding hydrogens is 453 g/mol. The van der Waals surface area contributed by atoms with E-state index in [4.69, 9.17) is 38.1 Å². The SMILES string of the molecule is NC(CO)(CO)CCc1ccc2c(=O)c3cc(Oc4cc(Cl)cc(Cl)c4)ccc3oc2c1. The number of nitrogens with two attached hydrogens (primary N) is 1. The largest absolute Gasteiger partial charge is 0.457 e. The maximum atomic E-state index is 13.1. The van der Waals surface area contributed by atoms with Crippen LogP contribution in [0, 0.1) is 0 Å². The predicted octanol–water partition coefficient (Wildman–Crippen LogP) is 4.66. The fourth-order valence-electron chi connectivity index (χ4n) is 3.42. The van der Waals surface area contributed by atoms with Gasteiger partial charge >= 0.3 is 0 Å². The van der Waals surface area contributed by atoms with Gasteiger partial charge < -0.3 is 25.1 Å². The third kappa shape index (κ3) is 4.75. The smallest absolute Gasteiger partial charge is 0.200 e. The molecule has 32 heavy (non-hydrogen) atoms. The van der Waals surface area contributed by atoms with Crippen LogP contribution in [-0.4, -0.2) is 29.0 Å². The maximum Gasteiger partial charge on any atom is 0.200 e. The van der Waals surface area contributed by atoms with Gasteiger partial charge in [-0.1, -0.05) is 29.3 Å². The summed E-state index contributed by atoms with van der Waals surface area (Å²) >= 11 is 12.0. The second kappa shape index (κ2) is 9.10. The molecule has 0 saturated heterocycles. The summed E-state index contributed by atoms with van der Waals surface area (Å²) in [6, 6.07) is 15.2. The number of benzene rings is 3. The van der Waals surface area contributed by atoms with Crippen molar-refractivity contribution in [1.82, 2.24) is 0 Å². The van der Waals surface area contributed by atoms with Crippen LogP contribution in [0.2, 0.25) is 10.0 Å². The molecule has 0 fully saturated rings. The molecule has 0 aliphatic heterocycles. The summed E-state index contributed by atoms with van der Waals surface area (Å²) < 4.78 is 11.8. The predicted molar refractivity (Wildman–Crippen MR) is 126 cm³/mol. The third-order valence-electron chi connectivity index (χ3n) is 5.32. The number of rotatable bonds is 7. The Morgan fingerprint density at radius 2 is 1.59 bits per heavy atom. The average molecular weight is 474 g/mol. The van der Waals surface area contributed by atoms with Gasteiger partial charge in [-0.05, 0) is 66.9 Å². The number of aryl methyl sites for hydroxylation is 1. The number of ether oxygens (including phenoxy) is 1. The monoisotopic (exact) mass is 473 g/mol. The number of hydrogen-bond acceptors (Lipinski definition) is 6. The highest BCUT2D eigenvalue weighted by Gasteiger charge is 2.22. The molecule has 0 atom stereocenters. The molecule has 0 unspecified atom stereocenters. The Kier molecular flexibility index (Phi) is 6.42. The van der Waals surface area contributed by atoms with Gasteiger partial charge in [0.15, 0.2) is 0 Å². The second-order valence-electron chi connectivity index (χ2n) is 7.81. The Balaban J connectivity index is 1.66. The van der Waals surface area contributed by atoms with Gasteiger partial charge in [-0.25, -0.2) is 0 Å². The minimum absolute atomic E-state index is 0.179. The van der Waals surface area contributed by atoms with Crippen LogP contribution < -0.4 is 15.9 Å².